The van der Waals surface area contributed by atoms with Gasteiger partial charge in [0.15, 0.2) is 11.5 Å². The Labute approximate surface area is 80.9 Å². The molecule has 0 spiro atoms. The van der Waals surface area contributed by atoms with Gasteiger partial charge < -0.3 is 10.1 Å². The number of aromatic carboxylic acids is 1. The third-order valence-corrected chi connectivity index (χ3v) is 2.91. The topological polar surface area (TPSA) is 53.1 Å². The number of carboxylic acids is 1. The third kappa shape index (κ3) is 1.14. The number of aromatic amines is 1. The summed E-state index contributed by atoms with van der Waals surface area (Å²) in [5, 5.41) is 8.71. The molecule has 14 heavy (non-hydrogen) atoms. The summed E-state index contributed by atoms with van der Waals surface area (Å²) in [5.74, 6) is -1.59. The van der Waals surface area contributed by atoms with E-state index in [2.05, 4.69) is 4.98 Å². The zero-order valence-electron chi connectivity index (χ0n) is 7.93. The lowest BCUT2D eigenvalue weighted by molar-refractivity contribution is 0.0685. The first-order valence-corrected chi connectivity index (χ1v) is 4.78. The second kappa shape index (κ2) is 3.12. The van der Waals surface area contributed by atoms with Crippen LogP contribution in [0, 0.1) is 5.82 Å². The van der Waals surface area contributed by atoms with Gasteiger partial charge in [0.2, 0.25) is 0 Å². The smallest absolute Gasteiger partial charge is 0.355 e. The number of halogens is 1. The molecule has 1 unspecified atom stereocenters. The monoisotopic (exact) mass is 197 g/mol. The highest BCUT2D eigenvalue weighted by Gasteiger charge is 2.30. The first-order chi connectivity index (χ1) is 6.65. The minimum atomic E-state index is -1.22. The van der Waals surface area contributed by atoms with Gasteiger partial charge in [-0.1, -0.05) is 6.92 Å². The van der Waals surface area contributed by atoms with Crippen LogP contribution in [0.2, 0.25) is 0 Å². The second-order valence-electron chi connectivity index (χ2n) is 3.66. The molecule has 2 rings (SSSR count). The van der Waals surface area contributed by atoms with Crippen LogP contribution in [0.1, 0.15) is 47.4 Å². The van der Waals surface area contributed by atoms with Gasteiger partial charge in [-0.05, 0) is 25.2 Å². The number of carboxylic acid groups (broad SMARTS) is 1. The fourth-order valence-electron chi connectivity index (χ4n) is 2.18. The number of carbonyl (C=O) groups is 1. The van der Waals surface area contributed by atoms with Crippen LogP contribution in [0.4, 0.5) is 4.39 Å². The molecule has 1 atom stereocenters. The third-order valence-electron chi connectivity index (χ3n) is 2.91. The molecule has 4 heteroatoms. The maximum atomic E-state index is 13.6. The standard InChI is InChI=1S/C10H12FNO2/c1-2-5-3-4-6-7(5)8(11)9(12-6)10(13)14/h5,12H,2-4H2,1H3,(H,13,14). The molecule has 0 saturated carbocycles. The zero-order valence-corrected chi connectivity index (χ0v) is 7.93. The predicted octanol–water partition coefficient (Wildman–Crippen LogP) is 2.29. The van der Waals surface area contributed by atoms with E-state index >= 15 is 0 Å². The van der Waals surface area contributed by atoms with Gasteiger partial charge in [-0.25, -0.2) is 9.18 Å². The highest BCUT2D eigenvalue weighted by atomic mass is 19.1. The molecule has 0 amide bonds. The van der Waals surface area contributed by atoms with Crippen molar-refractivity contribution >= 4 is 5.97 Å². The Morgan fingerprint density at radius 2 is 2.43 bits per heavy atom. The van der Waals surface area contributed by atoms with Crippen molar-refractivity contribution in [2.75, 3.05) is 0 Å². The molecule has 3 nitrogen and oxygen atoms in total. The van der Waals surface area contributed by atoms with Crippen LogP contribution in [-0.4, -0.2) is 16.1 Å². The first kappa shape index (κ1) is 9.24. The molecule has 76 valence electrons. The molecule has 0 saturated heterocycles. The van der Waals surface area contributed by atoms with Crippen LogP contribution < -0.4 is 0 Å². The van der Waals surface area contributed by atoms with E-state index in [4.69, 9.17) is 5.11 Å². The summed E-state index contributed by atoms with van der Waals surface area (Å²) in [6.45, 7) is 1.99. The summed E-state index contributed by atoms with van der Waals surface area (Å²) in [6, 6.07) is 0. The zero-order chi connectivity index (χ0) is 10.3. The van der Waals surface area contributed by atoms with E-state index in [1.54, 1.807) is 0 Å². The number of aromatic nitrogens is 1. The lowest BCUT2D eigenvalue weighted by Gasteiger charge is -2.05. The summed E-state index contributed by atoms with van der Waals surface area (Å²) in [6.07, 6.45) is 2.55. The van der Waals surface area contributed by atoms with Gasteiger partial charge in [-0.2, -0.15) is 0 Å². The van der Waals surface area contributed by atoms with Crippen LogP contribution in [0.15, 0.2) is 0 Å². The highest BCUT2D eigenvalue weighted by Crippen LogP contribution is 2.37. The van der Waals surface area contributed by atoms with Gasteiger partial charge in [0.1, 0.15) is 0 Å². The van der Waals surface area contributed by atoms with Crippen LogP contribution in [0.3, 0.4) is 0 Å². The number of hydrogen-bond donors (Lipinski definition) is 2. The van der Waals surface area contributed by atoms with E-state index in [0.29, 0.717) is 5.56 Å². The van der Waals surface area contributed by atoms with Gasteiger partial charge in [-0.3, -0.25) is 0 Å². The van der Waals surface area contributed by atoms with Crippen LogP contribution in [0.25, 0.3) is 0 Å². The maximum Gasteiger partial charge on any atom is 0.355 e. The van der Waals surface area contributed by atoms with Gasteiger partial charge in [0.05, 0.1) is 0 Å². The summed E-state index contributed by atoms with van der Waals surface area (Å²) in [5.41, 5.74) is 1.09. The number of hydrogen-bond acceptors (Lipinski definition) is 1. The van der Waals surface area contributed by atoms with Crippen molar-refractivity contribution in [1.29, 1.82) is 0 Å². The van der Waals surface area contributed by atoms with E-state index in [1.807, 2.05) is 6.92 Å². The van der Waals surface area contributed by atoms with Crippen LogP contribution in [0.5, 0.6) is 0 Å². The first-order valence-electron chi connectivity index (χ1n) is 4.78. The Balaban J connectivity index is 2.49. The van der Waals surface area contributed by atoms with Crippen molar-refractivity contribution in [2.45, 2.75) is 32.1 Å². The Hall–Kier alpha value is -1.32. The minimum Gasteiger partial charge on any atom is -0.476 e. The quantitative estimate of drug-likeness (QED) is 0.764. The summed E-state index contributed by atoms with van der Waals surface area (Å²) >= 11 is 0. The van der Waals surface area contributed by atoms with Gasteiger partial charge in [-0.15, -0.1) is 0 Å². The van der Waals surface area contributed by atoms with Crippen LogP contribution >= 0.6 is 0 Å². The molecular formula is C10H12FNO2. The summed E-state index contributed by atoms with van der Waals surface area (Å²) < 4.78 is 13.6. The maximum absolute atomic E-state index is 13.6. The number of nitrogens with one attached hydrogen (secondary N) is 1. The molecule has 0 aliphatic heterocycles. The van der Waals surface area contributed by atoms with Gasteiger partial charge in [0, 0.05) is 11.3 Å². The minimum absolute atomic E-state index is 0.189. The number of aryl methyl sites for hydroxylation is 1. The van der Waals surface area contributed by atoms with Crippen molar-refractivity contribution in [3.8, 4) is 0 Å². The molecule has 0 fully saturated rings. The lowest BCUT2D eigenvalue weighted by Crippen LogP contribution is -2.02. The van der Waals surface area contributed by atoms with Crippen molar-refractivity contribution in [1.82, 2.24) is 4.98 Å². The van der Waals surface area contributed by atoms with Crippen LogP contribution in [-0.2, 0) is 6.42 Å². The fourth-order valence-corrected chi connectivity index (χ4v) is 2.18. The van der Waals surface area contributed by atoms with Gasteiger partial charge >= 0.3 is 5.97 Å². The SMILES string of the molecule is CCC1CCc2[nH]c(C(=O)O)c(F)c21. The normalized spacial score (nSPS) is 19.7. The number of H-pyrrole nitrogens is 1. The molecule has 1 aliphatic rings. The van der Waals surface area contributed by atoms with Crippen molar-refractivity contribution < 1.29 is 14.3 Å². The molecule has 1 aliphatic carbocycles. The molecule has 0 bridgehead atoms. The van der Waals surface area contributed by atoms with E-state index in [1.165, 1.54) is 0 Å². The largest absolute Gasteiger partial charge is 0.476 e. The molecule has 2 N–H and O–H groups in total. The van der Waals surface area contributed by atoms with E-state index in [-0.39, 0.29) is 11.6 Å². The van der Waals surface area contributed by atoms with Crippen molar-refractivity contribution in [3.63, 3.8) is 0 Å². The molecule has 0 radical (unpaired) electrons. The lowest BCUT2D eigenvalue weighted by atomic mass is 10.0. The van der Waals surface area contributed by atoms with Gasteiger partial charge in [0.25, 0.3) is 0 Å². The Morgan fingerprint density at radius 1 is 1.71 bits per heavy atom. The molecule has 0 aromatic carbocycles. The molecule has 1 aromatic heterocycles. The van der Waals surface area contributed by atoms with Crippen molar-refractivity contribution in [2.24, 2.45) is 0 Å². The predicted molar refractivity (Wildman–Crippen MR) is 49.1 cm³/mol. The Morgan fingerprint density at radius 3 is 3.00 bits per heavy atom. The number of fused-ring (bicyclic) bond motifs is 1. The van der Waals surface area contributed by atoms with E-state index in [9.17, 15) is 9.18 Å². The summed E-state index contributed by atoms with van der Waals surface area (Å²) in [4.78, 5) is 13.3. The van der Waals surface area contributed by atoms with Crippen molar-refractivity contribution in [3.05, 3.63) is 22.8 Å². The Kier molecular flexibility index (Phi) is 2.06. The molecular weight excluding hydrogens is 185 g/mol. The fraction of sp³-hybridized carbons (Fsp3) is 0.500. The average Bonchev–Trinajstić information content (AvgIpc) is 2.66. The van der Waals surface area contributed by atoms with E-state index in [0.717, 1.165) is 25.0 Å². The molecule has 1 aromatic rings. The highest BCUT2D eigenvalue weighted by molar-refractivity contribution is 5.86. The Bertz CT molecular complexity index is 384. The summed E-state index contributed by atoms with van der Waals surface area (Å²) in [7, 11) is 0. The number of rotatable bonds is 2. The average molecular weight is 197 g/mol. The second-order valence-corrected chi connectivity index (χ2v) is 3.66. The van der Waals surface area contributed by atoms with E-state index < -0.39 is 11.8 Å². The molecule has 1 heterocycles.